The molecule has 166 valence electrons. The molecule has 1 heterocycles. The molecule has 1 N–H and O–H groups in total. The number of aromatic nitrogens is 2. The Bertz CT molecular complexity index is 957. The van der Waals surface area contributed by atoms with Crippen molar-refractivity contribution in [2.75, 3.05) is 33.9 Å². The lowest BCUT2D eigenvalue weighted by Gasteiger charge is -2.24. The molecule has 3 aromatic rings. The number of benzene rings is 2. The fourth-order valence-corrected chi connectivity index (χ4v) is 3.51. The van der Waals surface area contributed by atoms with Crippen LogP contribution in [0.15, 0.2) is 54.6 Å². The lowest BCUT2D eigenvalue weighted by molar-refractivity contribution is 0.0936. The van der Waals surface area contributed by atoms with Crippen LogP contribution in [0.4, 0.5) is 0 Å². The molecule has 31 heavy (non-hydrogen) atoms. The van der Waals surface area contributed by atoms with Crippen LogP contribution in [-0.2, 0) is 18.3 Å². The van der Waals surface area contributed by atoms with Crippen LogP contribution in [0.5, 0.6) is 17.4 Å². The van der Waals surface area contributed by atoms with Crippen molar-refractivity contribution in [2.45, 2.75) is 19.6 Å². The Morgan fingerprint density at radius 3 is 2.35 bits per heavy atom. The second-order valence-electron chi connectivity index (χ2n) is 7.45. The first-order chi connectivity index (χ1) is 15.0. The van der Waals surface area contributed by atoms with E-state index in [0.29, 0.717) is 43.6 Å². The molecule has 1 atom stereocenters. The highest BCUT2D eigenvalue weighted by Gasteiger charge is 2.23. The van der Waals surface area contributed by atoms with E-state index in [2.05, 4.69) is 4.90 Å². The Labute approximate surface area is 183 Å². The van der Waals surface area contributed by atoms with Gasteiger partial charge in [-0.25, -0.2) is 4.68 Å². The van der Waals surface area contributed by atoms with Gasteiger partial charge in [0.15, 0.2) is 11.5 Å². The van der Waals surface area contributed by atoms with Gasteiger partial charge in [-0.15, -0.1) is 0 Å². The largest absolute Gasteiger partial charge is 0.493 e. The molecule has 0 aliphatic rings. The standard InChI is InChI=1S/C24H31N3O4/c1-18(28)16-27(14-15-29-3)17-20-23(19-10-6-5-7-11-19)25-26(2)24(20)31-22-13-9-8-12-21(22)30-4/h5-13,18,28H,14-17H2,1-4H3/t18-/m0/s1. The van der Waals surface area contributed by atoms with Gasteiger partial charge in [0, 0.05) is 39.4 Å². The molecule has 0 aliphatic heterocycles. The molecule has 3 rings (SSSR count). The minimum absolute atomic E-state index is 0.465. The SMILES string of the molecule is COCCN(Cc1c(-c2ccccc2)nn(C)c1Oc1ccccc1OC)C[C@H](C)O. The van der Waals surface area contributed by atoms with Gasteiger partial charge in [-0.1, -0.05) is 42.5 Å². The van der Waals surface area contributed by atoms with Crippen LogP contribution < -0.4 is 9.47 Å². The zero-order chi connectivity index (χ0) is 22.2. The van der Waals surface area contributed by atoms with Gasteiger partial charge >= 0.3 is 0 Å². The lowest BCUT2D eigenvalue weighted by atomic mass is 10.1. The van der Waals surface area contributed by atoms with Crippen LogP contribution in [0.3, 0.4) is 0 Å². The van der Waals surface area contributed by atoms with Crippen molar-refractivity contribution >= 4 is 0 Å². The summed E-state index contributed by atoms with van der Waals surface area (Å²) in [5, 5.41) is 14.8. The lowest BCUT2D eigenvalue weighted by Crippen LogP contribution is -2.33. The predicted octanol–water partition coefficient (Wildman–Crippen LogP) is 3.72. The Balaban J connectivity index is 2.04. The third kappa shape index (κ3) is 5.85. The van der Waals surface area contributed by atoms with E-state index >= 15 is 0 Å². The van der Waals surface area contributed by atoms with Crippen molar-refractivity contribution in [1.82, 2.24) is 14.7 Å². The molecule has 0 saturated heterocycles. The number of aliphatic hydroxyl groups is 1. The number of ether oxygens (including phenoxy) is 3. The summed E-state index contributed by atoms with van der Waals surface area (Å²) in [6, 6.07) is 17.6. The van der Waals surface area contributed by atoms with Crippen molar-refractivity contribution in [2.24, 2.45) is 7.05 Å². The quantitative estimate of drug-likeness (QED) is 0.505. The molecule has 7 heteroatoms. The highest BCUT2D eigenvalue weighted by Crippen LogP contribution is 2.37. The fourth-order valence-electron chi connectivity index (χ4n) is 3.51. The zero-order valence-electron chi connectivity index (χ0n) is 18.6. The molecule has 0 bridgehead atoms. The second kappa shape index (κ2) is 10.9. The van der Waals surface area contributed by atoms with E-state index in [1.807, 2.05) is 61.6 Å². The van der Waals surface area contributed by atoms with Crippen molar-refractivity contribution in [1.29, 1.82) is 0 Å². The van der Waals surface area contributed by atoms with Crippen molar-refractivity contribution in [3.63, 3.8) is 0 Å². The summed E-state index contributed by atoms with van der Waals surface area (Å²) in [6.07, 6.45) is -0.465. The van der Waals surface area contributed by atoms with E-state index in [-0.39, 0.29) is 0 Å². The average Bonchev–Trinajstić information content (AvgIpc) is 3.07. The molecular weight excluding hydrogens is 394 g/mol. The van der Waals surface area contributed by atoms with Crippen molar-refractivity contribution in [3.05, 3.63) is 60.2 Å². The van der Waals surface area contributed by atoms with E-state index in [4.69, 9.17) is 19.3 Å². The molecular formula is C24H31N3O4. The summed E-state index contributed by atoms with van der Waals surface area (Å²) in [4.78, 5) is 2.15. The molecule has 2 aromatic carbocycles. The summed E-state index contributed by atoms with van der Waals surface area (Å²) in [5.41, 5.74) is 2.80. The molecule has 0 unspecified atom stereocenters. The Kier molecular flexibility index (Phi) is 8.06. The number of para-hydroxylation sites is 2. The number of rotatable bonds is 11. The van der Waals surface area contributed by atoms with E-state index in [1.54, 1.807) is 25.8 Å². The van der Waals surface area contributed by atoms with E-state index < -0.39 is 6.10 Å². The zero-order valence-corrected chi connectivity index (χ0v) is 18.6. The summed E-state index contributed by atoms with van der Waals surface area (Å²) >= 11 is 0. The highest BCUT2D eigenvalue weighted by molar-refractivity contribution is 5.65. The summed E-state index contributed by atoms with van der Waals surface area (Å²) < 4.78 is 18.8. The van der Waals surface area contributed by atoms with Gasteiger partial charge in [-0.3, -0.25) is 4.90 Å². The number of nitrogens with zero attached hydrogens (tertiary/aromatic N) is 3. The topological polar surface area (TPSA) is 69.0 Å². The third-order valence-electron chi connectivity index (χ3n) is 4.93. The Hall–Kier alpha value is -2.87. The monoisotopic (exact) mass is 425 g/mol. The second-order valence-corrected chi connectivity index (χ2v) is 7.45. The number of methoxy groups -OCH3 is 2. The molecule has 0 aliphatic carbocycles. The predicted molar refractivity (Wildman–Crippen MR) is 121 cm³/mol. The van der Waals surface area contributed by atoms with Crippen LogP contribution in [-0.4, -0.2) is 59.8 Å². The molecule has 7 nitrogen and oxygen atoms in total. The van der Waals surface area contributed by atoms with Crippen molar-refractivity contribution < 1.29 is 19.3 Å². The maximum absolute atomic E-state index is 10.0. The van der Waals surface area contributed by atoms with Gasteiger partial charge in [0.1, 0.15) is 5.69 Å². The van der Waals surface area contributed by atoms with Crippen LogP contribution in [0.25, 0.3) is 11.3 Å². The Morgan fingerprint density at radius 2 is 1.71 bits per heavy atom. The summed E-state index contributed by atoms with van der Waals surface area (Å²) in [6.45, 7) is 4.10. The van der Waals surface area contributed by atoms with Crippen LogP contribution in [0.2, 0.25) is 0 Å². The first kappa shape index (κ1) is 22.8. The molecule has 0 fully saturated rings. The normalized spacial score (nSPS) is 12.2. The Morgan fingerprint density at radius 1 is 1.03 bits per heavy atom. The maximum Gasteiger partial charge on any atom is 0.222 e. The number of aliphatic hydroxyl groups excluding tert-OH is 1. The first-order valence-electron chi connectivity index (χ1n) is 10.3. The number of hydrogen-bond donors (Lipinski definition) is 1. The minimum Gasteiger partial charge on any atom is -0.493 e. The van der Waals surface area contributed by atoms with Crippen molar-refractivity contribution in [3.8, 4) is 28.6 Å². The van der Waals surface area contributed by atoms with Gasteiger partial charge in [-0.2, -0.15) is 5.10 Å². The van der Waals surface area contributed by atoms with Crippen LogP contribution >= 0.6 is 0 Å². The average molecular weight is 426 g/mol. The van der Waals surface area contributed by atoms with Gasteiger partial charge in [0.2, 0.25) is 5.88 Å². The number of aryl methyl sites for hydroxylation is 1. The van der Waals surface area contributed by atoms with Crippen LogP contribution in [0, 0.1) is 0 Å². The summed E-state index contributed by atoms with van der Waals surface area (Å²) in [7, 11) is 5.17. The van der Waals surface area contributed by atoms with Gasteiger partial charge < -0.3 is 19.3 Å². The maximum atomic E-state index is 10.0. The van der Waals surface area contributed by atoms with E-state index in [1.165, 1.54) is 0 Å². The van der Waals surface area contributed by atoms with E-state index in [0.717, 1.165) is 16.8 Å². The van der Waals surface area contributed by atoms with E-state index in [9.17, 15) is 5.11 Å². The molecule has 0 radical (unpaired) electrons. The van der Waals surface area contributed by atoms with Gasteiger partial charge in [0.05, 0.1) is 25.4 Å². The van der Waals surface area contributed by atoms with Crippen LogP contribution in [0.1, 0.15) is 12.5 Å². The molecule has 0 amide bonds. The third-order valence-corrected chi connectivity index (χ3v) is 4.93. The van der Waals surface area contributed by atoms with Gasteiger partial charge in [0.25, 0.3) is 0 Å². The summed E-state index contributed by atoms with van der Waals surface area (Å²) in [5.74, 6) is 1.90. The fraction of sp³-hybridized carbons (Fsp3) is 0.375. The smallest absolute Gasteiger partial charge is 0.222 e. The minimum atomic E-state index is -0.465. The van der Waals surface area contributed by atoms with Gasteiger partial charge in [-0.05, 0) is 19.1 Å². The molecule has 0 saturated carbocycles. The molecule has 1 aromatic heterocycles. The first-order valence-corrected chi connectivity index (χ1v) is 10.3. The molecule has 0 spiro atoms. The number of hydrogen-bond acceptors (Lipinski definition) is 6. The highest BCUT2D eigenvalue weighted by atomic mass is 16.5.